The van der Waals surface area contributed by atoms with Gasteiger partial charge in [-0.25, -0.2) is 0 Å². The number of amides is 2. The van der Waals surface area contributed by atoms with Gasteiger partial charge < -0.3 is 10.6 Å². The monoisotopic (exact) mass is 397 g/mol. The van der Waals surface area contributed by atoms with Gasteiger partial charge in [0, 0.05) is 23.5 Å². The highest BCUT2D eigenvalue weighted by molar-refractivity contribution is 7.10. The average molecular weight is 398 g/mol. The van der Waals surface area contributed by atoms with Crippen molar-refractivity contribution in [1.82, 2.24) is 10.2 Å². The molecule has 4 rings (SSSR count). The van der Waals surface area contributed by atoms with Crippen molar-refractivity contribution >= 4 is 28.8 Å². The molecule has 148 valence electrons. The van der Waals surface area contributed by atoms with E-state index < -0.39 is 0 Å². The smallest absolute Gasteiger partial charge is 0.253 e. The molecule has 2 heterocycles. The fraction of sp³-hybridized carbons (Fsp3) is 0.455. The van der Waals surface area contributed by atoms with E-state index in [4.69, 9.17) is 0 Å². The molecule has 5 nitrogen and oxygen atoms in total. The van der Waals surface area contributed by atoms with Crippen molar-refractivity contribution in [3.8, 4) is 0 Å². The van der Waals surface area contributed by atoms with Crippen LogP contribution in [-0.4, -0.2) is 35.8 Å². The molecule has 28 heavy (non-hydrogen) atoms. The number of anilines is 1. The standard InChI is InChI=1S/C22H27N3O2S/c1-15-17-11-13-28-20(17)10-12-25(15)14-21(26)24-19-9-5-4-8-18(19)22(27)23-16-6-2-3-7-16/h4-5,8-9,11,13,15-16H,2-3,6-7,10,12,14H2,1H3,(H,23,27)(H,24,26). The molecule has 1 saturated carbocycles. The molecule has 1 aliphatic heterocycles. The van der Waals surface area contributed by atoms with Gasteiger partial charge in [-0.15, -0.1) is 11.3 Å². The number of carbonyl (C=O) groups is 2. The maximum atomic E-state index is 12.7. The van der Waals surface area contributed by atoms with Gasteiger partial charge in [0.2, 0.25) is 5.91 Å². The van der Waals surface area contributed by atoms with Gasteiger partial charge in [0.25, 0.3) is 5.91 Å². The van der Waals surface area contributed by atoms with Crippen molar-refractivity contribution in [3.63, 3.8) is 0 Å². The Labute approximate surface area is 170 Å². The number of thiophene rings is 1. The second kappa shape index (κ2) is 8.45. The first-order valence-corrected chi connectivity index (χ1v) is 11.0. The number of hydrogen-bond acceptors (Lipinski definition) is 4. The van der Waals surface area contributed by atoms with Crippen molar-refractivity contribution in [2.45, 2.75) is 51.1 Å². The van der Waals surface area contributed by atoms with Crippen molar-refractivity contribution in [2.75, 3.05) is 18.4 Å². The van der Waals surface area contributed by atoms with E-state index in [0.717, 1.165) is 25.8 Å². The predicted molar refractivity (Wildman–Crippen MR) is 113 cm³/mol. The summed E-state index contributed by atoms with van der Waals surface area (Å²) in [6, 6.07) is 9.93. The Morgan fingerprint density at radius 3 is 2.79 bits per heavy atom. The minimum atomic E-state index is -0.0999. The lowest BCUT2D eigenvalue weighted by molar-refractivity contribution is -0.117. The lowest BCUT2D eigenvalue weighted by atomic mass is 10.0. The first-order valence-electron chi connectivity index (χ1n) is 10.1. The van der Waals surface area contributed by atoms with E-state index in [1.54, 1.807) is 23.5 Å². The number of fused-ring (bicyclic) bond motifs is 1. The SMILES string of the molecule is CC1c2ccsc2CCN1CC(=O)Nc1ccccc1C(=O)NC1CCCC1. The number of hydrogen-bond donors (Lipinski definition) is 2. The number of nitrogens with zero attached hydrogens (tertiary/aromatic N) is 1. The van der Waals surface area contributed by atoms with Gasteiger partial charge in [-0.1, -0.05) is 25.0 Å². The van der Waals surface area contributed by atoms with Crippen LogP contribution in [-0.2, 0) is 11.2 Å². The van der Waals surface area contributed by atoms with E-state index in [9.17, 15) is 9.59 Å². The predicted octanol–water partition coefficient (Wildman–Crippen LogP) is 3.98. The minimum absolute atomic E-state index is 0.0772. The van der Waals surface area contributed by atoms with E-state index in [2.05, 4.69) is 33.9 Å². The second-order valence-electron chi connectivity index (χ2n) is 7.74. The lowest BCUT2D eigenvalue weighted by Gasteiger charge is -2.33. The Morgan fingerprint density at radius 1 is 1.18 bits per heavy atom. The van der Waals surface area contributed by atoms with Crippen LogP contribution in [0.2, 0.25) is 0 Å². The number of rotatable bonds is 5. The zero-order valence-corrected chi connectivity index (χ0v) is 17.1. The summed E-state index contributed by atoms with van der Waals surface area (Å²) in [6.45, 7) is 3.36. The van der Waals surface area contributed by atoms with Crippen LogP contribution in [0.25, 0.3) is 0 Å². The number of para-hydroxylation sites is 1. The van der Waals surface area contributed by atoms with Crippen LogP contribution in [0, 0.1) is 0 Å². The topological polar surface area (TPSA) is 61.4 Å². The summed E-state index contributed by atoms with van der Waals surface area (Å²) >= 11 is 1.80. The Balaban J connectivity index is 1.40. The summed E-state index contributed by atoms with van der Waals surface area (Å²) in [4.78, 5) is 29.0. The van der Waals surface area contributed by atoms with E-state index >= 15 is 0 Å². The molecule has 0 radical (unpaired) electrons. The van der Waals surface area contributed by atoms with Gasteiger partial charge in [0.15, 0.2) is 0 Å². The molecule has 2 amide bonds. The Kier molecular flexibility index (Phi) is 5.78. The average Bonchev–Trinajstić information content (AvgIpc) is 3.36. The highest BCUT2D eigenvalue weighted by atomic mass is 32.1. The van der Waals surface area contributed by atoms with Crippen LogP contribution in [0.1, 0.15) is 59.4 Å². The molecule has 0 bridgehead atoms. The molecule has 0 saturated heterocycles. The molecule has 2 N–H and O–H groups in total. The maximum absolute atomic E-state index is 12.7. The van der Waals surface area contributed by atoms with E-state index in [1.165, 1.54) is 23.3 Å². The third-order valence-corrected chi connectivity index (χ3v) is 6.88. The third kappa shape index (κ3) is 4.13. The van der Waals surface area contributed by atoms with Crippen molar-refractivity contribution in [1.29, 1.82) is 0 Å². The third-order valence-electron chi connectivity index (χ3n) is 5.89. The molecule has 1 aliphatic carbocycles. The Hall–Kier alpha value is -2.18. The van der Waals surface area contributed by atoms with Crippen LogP contribution in [0.15, 0.2) is 35.7 Å². The van der Waals surface area contributed by atoms with Gasteiger partial charge in [0.1, 0.15) is 0 Å². The number of benzene rings is 1. The summed E-state index contributed by atoms with van der Waals surface area (Å²) in [5, 5.41) is 8.20. The Morgan fingerprint density at radius 2 is 1.96 bits per heavy atom. The van der Waals surface area contributed by atoms with Crippen molar-refractivity contribution in [3.05, 3.63) is 51.7 Å². The molecule has 2 aliphatic rings. The summed E-state index contributed by atoms with van der Waals surface area (Å²) < 4.78 is 0. The van der Waals surface area contributed by atoms with Crippen LogP contribution >= 0.6 is 11.3 Å². The maximum Gasteiger partial charge on any atom is 0.253 e. The fourth-order valence-electron chi connectivity index (χ4n) is 4.28. The molecular weight excluding hydrogens is 370 g/mol. The molecule has 6 heteroatoms. The minimum Gasteiger partial charge on any atom is -0.349 e. The Bertz CT molecular complexity index is 857. The number of carbonyl (C=O) groups excluding carboxylic acids is 2. The molecule has 0 spiro atoms. The molecule has 1 atom stereocenters. The van der Waals surface area contributed by atoms with Gasteiger partial charge in [-0.2, -0.15) is 0 Å². The van der Waals surface area contributed by atoms with E-state index in [1.807, 2.05) is 12.1 Å². The quantitative estimate of drug-likeness (QED) is 0.802. The highest BCUT2D eigenvalue weighted by Crippen LogP contribution is 2.32. The lowest BCUT2D eigenvalue weighted by Crippen LogP contribution is -2.39. The summed E-state index contributed by atoms with van der Waals surface area (Å²) in [5.41, 5.74) is 2.46. The second-order valence-corrected chi connectivity index (χ2v) is 8.74. The molecule has 1 aromatic carbocycles. The highest BCUT2D eigenvalue weighted by Gasteiger charge is 2.26. The zero-order chi connectivity index (χ0) is 19.5. The van der Waals surface area contributed by atoms with E-state index in [0.29, 0.717) is 17.8 Å². The van der Waals surface area contributed by atoms with Gasteiger partial charge >= 0.3 is 0 Å². The van der Waals surface area contributed by atoms with Gasteiger partial charge in [-0.05, 0) is 55.3 Å². The molecular formula is C22H27N3O2S. The van der Waals surface area contributed by atoms with Crippen LogP contribution in [0.4, 0.5) is 5.69 Å². The first-order chi connectivity index (χ1) is 13.6. The van der Waals surface area contributed by atoms with Crippen molar-refractivity contribution < 1.29 is 9.59 Å². The number of nitrogens with one attached hydrogen (secondary N) is 2. The molecule has 1 aromatic heterocycles. The fourth-order valence-corrected chi connectivity index (χ4v) is 5.24. The van der Waals surface area contributed by atoms with Gasteiger partial charge in [0.05, 0.1) is 17.8 Å². The summed E-state index contributed by atoms with van der Waals surface area (Å²) in [6.07, 6.45) is 5.41. The van der Waals surface area contributed by atoms with Gasteiger partial charge in [-0.3, -0.25) is 14.5 Å². The molecule has 1 unspecified atom stereocenters. The summed E-state index contributed by atoms with van der Waals surface area (Å²) in [5.74, 6) is -0.177. The zero-order valence-electron chi connectivity index (χ0n) is 16.2. The van der Waals surface area contributed by atoms with Crippen LogP contribution in [0.5, 0.6) is 0 Å². The normalized spacial score (nSPS) is 20.0. The van der Waals surface area contributed by atoms with E-state index in [-0.39, 0.29) is 23.9 Å². The summed E-state index contributed by atoms with van der Waals surface area (Å²) in [7, 11) is 0. The largest absolute Gasteiger partial charge is 0.349 e. The molecule has 1 fully saturated rings. The molecule has 2 aromatic rings. The van der Waals surface area contributed by atoms with Crippen LogP contribution in [0.3, 0.4) is 0 Å². The first kappa shape index (κ1) is 19.2. The van der Waals surface area contributed by atoms with Crippen molar-refractivity contribution in [2.24, 2.45) is 0 Å². The van der Waals surface area contributed by atoms with Crippen LogP contribution < -0.4 is 10.6 Å².